The summed E-state index contributed by atoms with van der Waals surface area (Å²) in [4.78, 5) is 0. The van der Waals surface area contributed by atoms with Crippen molar-refractivity contribution >= 4 is 30.9 Å². The van der Waals surface area contributed by atoms with E-state index < -0.39 is 7.67 Å². The van der Waals surface area contributed by atoms with Gasteiger partial charge in [-0.3, -0.25) is 0 Å². The fourth-order valence-corrected chi connectivity index (χ4v) is 3.05. The van der Waals surface area contributed by atoms with Gasteiger partial charge in [-0.15, -0.1) is 23.2 Å². The van der Waals surface area contributed by atoms with Crippen LogP contribution in [0.1, 0.15) is 0 Å². The maximum atomic E-state index is 12.3. The molecule has 2 N–H and O–H groups in total. The molecule has 1 aromatic rings. The van der Waals surface area contributed by atoms with Crippen molar-refractivity contribution in [3.8, 4) is 5.75 Å². The molecule has 0 unspecified atom stereocenters. The molecule has 0 atom stereocenters. The second kappa shape index (κ2) is 7.96. The van der Waals surface area contributed by atoms with Crippen LogP contribution >= 0.6 is 30.9 Å². The Morgan fingerprint density at radius 2 is 1.59 bits per heavy atom. The van der Waals surface area contributed by atoms with E-state index in [1.807, 2.05) is 18.2 Å². The summed E-state index contributed by atoms with van der Waals surface area (Å²) in [6.07, 6.45) is 0. The second-order valence-corrected chi connectivity index (χ2v) is 5.82. The van der Waals surface area contributed by atoms with E-state index in [-0.39, 0.29) is 0 Å². The van der Waals surface area contributed by atoms with Crippen molar-refractivity contribution in [2.75, 3.05) is 24.8 Å². The predicted molar refractivity (Wildman–Crippen MR) is 72.1 cm³/mol. The van der Waals surface area contributed by atoms with E-state index in [1.165, 1.54) is 0 Å². The third-order valence-corrected chi connectivity index (χ3v) is 3.93. The molecule has 4 nitrogen and oxygen atoms in total. The lowest BCUT2D eigenvalue weighted by Gasteiger charge is -2.20. The first-order valence-electron chi connectivity index (χ1n) is 5.17. The van der Waals surface area contributed by atoms with Gasteiger partial charge in [-0.2, -0.15) is 0 Å². The fourth-order valence-electron chi connectivity index (χ4n) is 1.13. The van der Waals surface area contributed by atoms with Crippen LogP contribution in [0, 0.1) is 0 Å². The van der Waals surface area contributed by atoms with E-state index in [4.69, 9.17) is 27.7 Å². The van der Waals surface area contributed by atoms with Gasteiger partial charge in [0.25, 0.3) is 0 Å². The molecular formula is C10H15Cl2N2O2P. The van der Waals surface area contributed by atoms with Crippen LogP contribution in [0.15, 0.2) is 30.3 Å². The van der Waals surface area contributed by atoms with E-state index >= 15 is 0 Å². The summed E-state index contributed by atoms with van der Waals surface area (Å²) in [7, 11) is -3.14. The molecule has 0 aliphatic heterocycles. The monoisotopic (exact) mass is 296 g/mol. The first kappa shape index (κ1) is 14.8. The molecule has 0 radical (unpaired) electrons. The van der Waals surface area contributed by atoms with E-state index in [9.17, 15) is 4.57 Å². The van der Waals surface area contributed by atoms with Crippen LogP contribution in [0.4, 0.5) is 0 Å². The maximum Gasteiger partial charge on any atom is 0.390 e. The lowest BCUT2D eigenvalue weighted by atomic mass is 10.3. The highest BCUT2D eigenvalue weighted by molar-refractivity contribution is 7.55. The molecule has 0 amide bonds. The van der Waals surface area contributed by atoms with Crippen LogP contribution in [0.2, 0.25) is 0 Å². The molecule has 0 spiro atoms. The number of para-hydroxylation sites is 1. The molecule has 0 fully saturated rings. The first-order chi connectivity index (χ1) is 8.20. The molecule has 0 bridgehead atoms. The van der Waals surface area contributed by atoms with Crippen molar-refractivity contribution in [1.29, 1.82) is 0 Å². The van der Waals surface area contributed by atoms with Crippen molar-refractivity contribution < 1.29 is 9.09 Å². The zero-order valence-electron chi connectivity index (χ0n) is 9.23. The Bertz CT molecular complexity index is 353. The van der Waals surface area contributed by atoms with Crippen molar-refractivity contribution in [3.63, 3.8) is 0 Å². The lowest BCUT2D eigenvalue weighted by molar-refractivity contribution is 0.455. The minimum atomic E-state index is -3.14. The Labute approximate surface area is 111 Å². The smallest absolute Gasteiger partial charge is 0.390 e. The average Bonchev–Trinajstić information content (AvgIpc) is 2.35. The Kier molecular flexibility index (Phi) is 6.93. The Hall–Kier alpha value is -0.250. The quantitative estimate of drug-likeness (QED) is 0.572. The van der Waals surface area contributed by atoms with Gasteiger partial charge in [-0.1, -0.05) is 18.2 Å². The second-order valence-electron chi connectivity index (χ2n) is 3.15. The lowest BCUT2D eigenvalue weighted by Crippen LogP contribution is -2.28. The Balaban J connectivity index is 2.65. The molecule has 0 aliphatic rings. The van der Waals surface area contributed by atoms with Gasteiger partial charge in [0.15, 0.2) is 0 Å². The molecule has 0 heterocycles. The van der Waals surface area contributed by atoms with Crippen LogP contribution in [-0.4, -0.2) is 24.8 Å². The summed E-state index contributed by atoms with van der Waals surface area (Å²) in [6.45, 7) is 0.780. The SMILES string of the molecule is O=P(NCCCl)(NCCCl)Oc1ccccc1. The van der Waals surface area contributed by atoms with Gasteiger partial charge in [-0.05, 0) is 12.1 Å². The first-order valence-corrected chi connectivity index (χ1v) is 7.86. The third-order valence-electron chi connectivity index (χ3n) is 1.81. The van der Waals surface area contributed by atoms with Crippen LogP contribution in [0.5, 0.6) is 5.75 Å². The molecule has 0 aromatic heterocycles. The molecular weight excluding hydrogens is 282 g/mol. The normalized spacial score (nSPS) is 11.4. The van der Waals surface area contributed by atoms with Crippen LogP contribution in [0.3, 0.4) is 0 Å². The number of rotatable bonds is 8. The zero-order valence-corrected chi connectivity index (χ0v) is 11.6. The summed E-state index contributed by atoms with van der Waals surface area (Å²) in [6, 6.07) is 8.94. The number of nitrogens with one attached hydrogen (secondary N) is 2. The summed E-state index contributed by atoms with van der Waals surface area (Å²) in [5.41, 5.74) is 0. The summed E-state index contributed by atoms with van der Waals surface area (Å²) < 4.78 is 17.8. The van der Waals surface area contributed by atoms with Gasteiger partial charge in [0.2, 0.25) is 0 Å². The molecule has 7 heteroatoms. The van der Waals surface area contributed by atoms with E-state index in [0.717, 1.165) is 0 Å². The summed E-state index contributed by atoms with van der Waals surface area (Å²) >= 11 is 11.1. The summed E-state index contributed by atoms with van der Waals surface area (Å²) in [5.74, 6) is 1.23. The molecule has 17 heavy (non-hydrogen) atoms. The molecule has 0 aliphatic carbocycles. The number of halogens is 2. The highest BCUT2D eigenvalue weighted by Gasteiger charge is 2.22. The van der Waals surface area contributed by atoms with Crippen molar-refractivity contribution in [2.45, 2.75) is 0 Å². The van der Waals surface area contributed by atoms with Crippen molar-refractivity contribution in [2.24, 2.45) is 0 Å². The number of benzene rings is 1. The third kappa shape index (κ3) is 5.75. The zero-order chi connectivity index (χ0) is 12.6. The van der Waals surface area contributed by atoms with Crippen LogP contribution in [-0.2, 0) is 4.57 Å². The van der Waals surface area contributed by atoms with Gasteiger partial charge in [0.05, 0.1) is 0 Å². The summed E-state index contributed by atoms with van der Waals surface area (Å²) in [5, 5.41) is 5.52. The Morgan fingerprint density at radius 1 is 1.06 bits per heavy atom. The minimum absolute atomic E-state index is 0.352. The van der Waals surface area contributed by atoms with Gasteiger partial charge >= 0.3 is 7.67 Å². The predicted octanol–water partition coefficient (Wildman–Crippen LogP) is 2.83. The number of hydrogen-bond acceptors (Lipinski definition) is 2. The van der Waals surface area contributed by atoms with Crippen molar-refractivity contribution in [1.82, 2.24) is 10.2 Å². The van der Waals surface area contributed by atoms with E-state index in [1.54, 1.807) is 12.1 Å². The highest BCUT2D eigenvalue weighted by Crippen LogP contribution is 2.38. The van der Waals surface area contributed by atoms with Crippen LogP contribution in [0.25, 0.3) is 0 Å². The van der Waals surface area contributed by atoms with E-state index in [2.05, 4.69) is 10.2 Å². The standard InChI is InChI=1S/C10H15Cl2N2O2P/c11-6-8-13-17(15,14-9-7-12)16-10-4-2-1-3-5-10/h1-5H,6-9H2,(H2,13,14,15). The molecule has 0 saturated carbocycles. The molecule has 0 saturated heterocycles. The van der Waals surface area contributed by atoms with Gasteiger partial charge in [-0.25, -0.2) is 14.7 Å². The molecule has 1 aromatic carbocycles. The fraction of sp³-hybridized carbons (Fsp3) is 0.400. The van der Waals surface area contributed by atoms with Gasteiger partial charge in [0.1, 0.15) is 5.75 Å². The number of alkyl halides is 2. The highest BCUT2D eigenvalue weighted by atomic mass is 35.5. The molecule has 96 valence electrons. The van der Waals surface area contributed by atoms with Gasteiger partial charge in [0, 0.05) is 24.8 Å². The number of hydrogen-bond donors (Lipinski definition) is 2. The minimum Gasteiger partial charge on any atom is -0.422 e. The Morgan fingerprint density at radius 3 is 2.06 bits per heavy atom. The van der Waals surface area contributed by atoms with Gasteiger partial charge < -0.3 is 4.52 Å². The van der Waals surface area contributed by atoms with E-state index in [0.29, 0.717) is 30.6 Å². The topological polar surface area (TPSA) is 50.4 Å². The largest absolute Gasteiger partial charge is 0.422 e. The van der Waals surface area contributed by atoms with Crippen molar-refractivity contribution in [3.05, 3.63) is 30.3 Å². The average molecular weight is 297 g/mol. The molecule has 1 rings (SSSR count). The maximum absolute atomic E-state index is 12.3. The van der Waals surface area contributed by atoms with Crippen LogP contribution < -0.4 is 14.7 Å².